The Morgan fingerprint density at radius 3 is 2.28 bits per heavy atom. The van der Waals surface area contributed by atoms with Gasteiger partial charge in [0.1, 0.15) is 0 Å². The second kappa shape index (κ2) is 4.69. The number of aromatic nitrogens is 1. The maximum atomic E-state index is 12.0. The molecule has 2 rings (SSSR count). The number of hydrogen-bond acceptors (Lipinski definition) is 2. The summed E-state index contributed by atoms with van der Waals surface area (Å²) in [5.74, 6) is -0.282. The summed E-state index contributed by atoms with van der Waals surface area (Å²) in [4.78, 5) is 12.0. The van der Waals surface area contributed by atoms with Crippen LogP contribution in [-0.2, 0) is 11.8 Å². The van der Waals surface area contributed by atoms with Crippen LogP contribution >= 0.6 is 0 Å². The molecule has 0 amide bonds. The van der Waals surface area contributed by atoms with Gasteiger partial charge in [-0.05, 0) is 19.4 Å². The molecule has 0 spiro atoms. The Bertz CT molecular complexity index is 582. The Balaban J connectivity index is 2.74. The highest BCUT2D eigenvalue weighted by molar-refractivity contribution is 5.99. The summed E-state index contributed by atoms with van der Waals surface area (Å²) in [7, 11) is 3.38. The van der Waals surface area contributed by atoms with E-state index < -0.39 is 0 Å². The standard InChI is InChI=1S/C15H17NO2/c1-10-13(12-8-6-5-7-9-12)14(15(17)18-4)11(2)16(10)3/h5-9H,1-4H3. The van der Waals surface area contributed by atoms with Crippen molar-refractivity contribution < 1.29 is 9.53 Å². The Labute approximate surface area is 107 Å². The van der Waals surface area contributed by atoms with Gasteiger partial charge in [-0.2, -0.15) is 0 Å². The molecule has 3 nitrogen and oxygen atoms in total. The predicted molar refractivity (Wildman–Crippen MR) is 71.7 cm³/mol. The number of nitrogens with zero attached hydrogens (tertiary/aromatic N) is 1. The fourth-order valence-electron chi connectivity index (χ4n) is 2.26. The zero-order chi connectivity index (χ0) is 13.3. The lowest BCUT2D eigenvalue weighted by Crippen LogP contribution is -2.04. The lowest BCUT2D eigenvalue weighted by Gasteiger charge is -2.05. The first-order valence-corrected chi connectivity index (χ1v) is 5.87. The van der Waals surface area contributed by atoms with E-state index in [2.05, 4.69) is 0 Å². The van der Waals surface area contributed by atoms with Crippen LogP contribution in [0.1, 0.15) is 21.7 Å². The smallest absolute Gasteiger partial charge is 0.340 e. The fourth-order valence-corrected chi connectivity index (χ4v) is 2.26. The van der Waals surface area contributed by atoms with E-state index in [1.165, 1.54) is 7.11 Å². The number of hydrogen-bond donors (Lipinski definition) is 0. The van der Waals surface area contributed by atoms with Crippen molar-refractivity contribution in [3.8, 4) is 11.1 Å². The molecule has 18 heavy (non-hydrogen) atoms. The highest BCUT2D eigenvalue weighted by Gasteiger charge is 2.22. The molecule has 0 saturated carbocycles. The first-order chi connectivity index (χ1) is 8.57. The van der Waals surface area contributed by atoms with Crippen LogP contribution in [0.3, 0.4) is 0 Å². The van der Waals surface area contributed by atoms with Crippen LogP contribution in [0, 0.1) is 13.8 Å². The number of methoxy groups -OCH3 is 1. The van der Waals surface area contributed by atoms with Gasteiger partial charge in [-0.1, -0.05) is 30.3 Å². The third-order valence-electron chi connectivity index (χ3n) is 3.43. The molecule has 0 saturated heterocycles. The highest BCUT2D eigenvalue weighted by atomic mass is 16.5. The van der Waals surface area contributed by atoms with Gasteiger partial charge in [-0.3, -0.25) is 0 Å². The van der Waals surface area contributed by atoms with Crippen LogP contribution in [-0.4, -0.2) is 17.6 Å². The normalized spacial score (nSPS) is 10.4. The molecule has 0 N–H and O–H groups in total. The summed E-state index contributed by atoms with van der Waals surface area (Å²) in [6, 6.07) is 9.92. The van der Waals surface area contributed by atoms with Crippen LogP contribution in [0.5, 0.6) is 0 Å². The number of rotatable bonds is 2. The summed E-state index contributed by atoms with van der Waals surface area (Å²) < 4.78 is 6.92. The number of ether oxygens (including phenoxy) is 1. The number of carbonyl (C=O) groups is 1. The van der Waals surface area contributed by atoms with Crippen molar-refractivity contribution in [2.75, 3.05) is 7.11 Å². The molecule has 3 heteroatoms. The molecule has 0 aliphatic heterocycles. The van der Waals surface area contributed by atoms with Gasteiger partial charge in [-0.25, -0.2) is 4.79 Å². The van der Waals surface area contributed by atoms with Gasteiger partial charge in [0.25, 0.3) is 0 Å². The van der Waals surface area contributed by atoms with Crippen LogP contribution in [0.4, 0.5) is 0 Å². The summed E-state index contributed by atoms with van der Waals surface area (Å²) >= 11 is 0. The monoisotopic (exact) mass is 243 g/mol. The quantitative estimate of drug-likeness (QED) is 0.759. The first-order valence-electron chi connectivity index (χ1n) is 5.87. The van der Waals surface area contributed by atoms with Crippen molar-refractivity contribution in [3.05, 3.63) is 47.3 Å². The minimum absolute atomic E-state index is 0.282. The van der Waals surface area contributed by atoms with Crippen molar-refractivity contribution in [1.82, 2.24) is 4.57 Å². The van der Waals surface area contributed by atoms with Gasteiger partial charge in [0.2, 0.25) is 0 Å². The maximum Gasteiger partial charge on any atom is 0.340 e. The van der Waals surface area contributed by atoms with Gasteiger partial charge >= 0.3 is 5.97 Å². The zero-order valence-electron chi connectivity index (χ0n) is 11.2. The number of benzene rings is 1. The summed E-state index contributed by atoms with van der Waals surface area (Å²) in [6.07, 6.45) is 0. The van der Waals surface area contributed by atoms with Crippen molar-refractivity contribution in [3.63, 3.8) is 0 Å². The van der Waals surface area contributed by atoms with Crippen LogP contribution in [0.2, 0.25) is 0 Å². The SMILES string of the molecule is COC(=O)c1c(-c2ccccc2)c(C)n(C)c1C. The molecule has 1 aromatic carbocycles. The third kappa shape index (κ3) is 1.82. The van der Waals surface area contributed by atoms with Crippen molar-refractivity contribution >= 4 is 5.97 Å². The molecule has 0 fully saturated rings. The predicted octanol–water partition coefficient (Wildman–Crippen LogP) is 3.10. The van der Waals surface area contributed by atoms with E-state index in [0.29, 0.717) is 5.56 Å². The number of carbonyl (C=O) groups excluding carboxylic acids is 1. The molecule has 1 heterocycles. The first kappa shape index (κ1) is 12.4. The van der Waals surface area contributed by atoms with E-state index in [4.69, 9.17) is 4.74 Å². The van der Waals surface area contributed by atoms with Crippen molar-refractivity contribution in [2.24, 2.45) is 7.05 Å². The topological polar surface area (TPSA) is 31.2 Å². The second-order valence-corrected chi connectivity index (χ2v) is 4.34. The molecular weight excluding hydrogens is 226 g/mol. The molecule has 0 aliphatic rings. The van der Waals surface area contributed by atoms with Crippen molar-refractivity contribution in [1.29, 1.82) is 0 Å². The van der Waals surface area contributed by atoms with Gasteiger partial charge in [0.05, 0.1) is 12.7 Å². The van der Waals surface area contributed by atoms with E-state index in [9.17, 15) is 4.79 Å². The van der Waals surface area contributed by atoms with E-state index in [-0.39, 0.29) is 5.97 Å². The van der Waals surface area contributed by atoms with Crippen LogP contribution in [0.15, 0.2) is 30.3 Å². The zero-order valence-corrected chi connectivity index (χ0v) is 11.2. The molecule has 0 bridgehead atoms. The van der Waals surface area contributed by atoms with Gasteiger partial charge < -0.3 is 9.30 Å². The van der Waals surface area contributed by atoms with E-state index in [0.717, 1.165) is 22.5 Å². The van der Waals surface area contributed by atoms with E-state index in [1.54, 1.807) is 0 Å². The molecule has 0 atom stereocenters. The Morgan fingerprint density at radius 1 is 1.11 bits per heavy atom. The molecule has 0 radical (unpaired) electrons. The molecule has 94 valence electrons. The van der Waals surface area contributed by atoms with Crippen LogP contribution in [0.25, 0.3) is 11.1 Å². The average molecular weight is 243 g/mol. The molecule has 0 aliphatic carbocycles. The average Bonchev–Trinajstić information content (AvgIpc) is 2.63. The van der Waals surface area contributed by atoms with Crippen LogP contribution < -0.4 is 0 Å². The van der Waals surface area contributed by atoms with Crippen molar-refractivity contribution in [2.45, 2.75) is 13.8 Å². The third-order valence-corrected chi connectivity index (χ3v) is 3.43. The fraction of sp³-hybridized carbons (Fsp3) is 0.267. The molecular formula is C15H17NO2. The van der Waals surface area contributed by atoms with Gasteiger partial charge in [0.15, 0.2) is 0 Å². The van der Waals surface area contributed by atoms with E-state index >= 15 is 0 Å². The molecule has 0 unspecified atom stereocenters. The Kier molecular flexibility index (Phi) is 3.24. The van der Waals surface area contributed by atoms with E-state index in [1.807, 2.05) is 55.8 Å². The Morgan fingerprint density at radius 2 is 1.72 bits per heavy atom. The second-order valence-electron chi connectivity index (χ2n) is 4.34. The number of esters is 1. The molecule has 1 aromatic heterocycles. The largest absolute Gasteiger partial charge is 0.465 e. The summed E-state index contributed by atoms with van der Waals surface area (Å²) in [6.45, 7) is 3.95. The highest BCUT2D eigenvalue weighted by Crippen LogP contribution is 2.31. The maximum absolute atomic E-state index is 12.0. The summed E-state index contributed by atoms with van der Waals surface area (Å²) in [5.41, 5.74) is 4.66. The summed E-state index contributed by atoms with van der Waals surface area (Å²) in [5, 5.41) is 0. The Hall–Kier alpha value is -2.03. The minimum Gasteiger partial charge on any atom is -0.465 e. The molecule has 2 aromatic rings. The lowest BCUT2D eigenvalue weighted by molar-refractivity contribution is 0.0600. The van der Waals surface area contributed by atoms with Gasteiger partial charge in [-0.15, -0.1) is 0 Å². The van der Waals surface area contributed by atoms with Gasteiger partial charge in [0, 0.05) is 24.0 Å². The minimum atomic E-state index is -0.282. The lowest BCUT2D eigenvalue weighted by atomic mass is 10.0.